The topological polar surface area (TPSA) is 250 Å². The number of hydrogen-bond acceptors (Lipinski definition) is 12. The molecular formula is H4FeKNO12S3. The summed E-state index contributed by atoms with van der Waals surface area (Å²) in [4.78, 5) is 0. The molecule has 0 aliphatic carbocycles. The van der Waals surface area contributed by atoms with Crippen molar-refractivity contribution in [3.63, 3.8) is 0 Å². The number of quaternary nitrogens is 1. The van der Waals surface area contributed by atoms with Crippen molar-refractivity contribution < 1.29 is 121 Å². The van der Waals surface area contributed by atoms with E-state index in [1.165, 1.54) is 0 Å². The fourth-order valence-electron chi connectivity index (χ4n) is 0.0680. The van der Waals surface area contributed by atoms with Crippen LogP contribution in [0.2, 0.25) is 0 Å². The van der Waals surface area contributed by atoms with Crippen LogP contribution in [0.5, 0.6) is 0 Å². The molecule has 0 aliphatic heterocycles. The minimum Gasteiger partial charge on any atom is -0.759 e. The van der Waals surface area contributed by atoms with E-state index in [2.05, 4.69) is 8.67 Å². The van der Waals surface area contributed by atoms with E-state index in [9.17, 15) is 25.9 Å². The third-order valence-electron chi connectivity index (χ3n) is 0.194. The Morgan fingerprint density at radius 3 is 0.833 bits per heavy atom. The van der Waals surface area contributed by atoms with E-state index in [4.69, 9.17) is 17.5 Å². The van der Waals surface area contributed by atoms with Crippen molar-refractivity contribution in [3.8, 4) is 0 Å². The van der Waals surface area contributed by atoms with Gasteiger partial charge in [-0.05, 0) is 0 Å². The summed E-state index contributed by atoms with van der Waals surface area (Å²) in [5, 5.41) is 0. The van der Waals surface area contributed by atoms with Crippen LogP contribution < -0.4 is 57.5 Å². The quantitative estimate of drug-likeness (QED) is 0.152. The van der Waals surface area contributed by atoms with Crippen molar-refractivity contribution in [1.29, 1.82) is 0 Å². The fourth-order valence-corrected chi connectivity index (χ4v) is 0.612. The maximum absolute atomic E-state index is 9.37. The first-order valence-corrected chi connectivity index (χ1v) is 6.17. The second-order valence-electron chi connectivity index (χ2n) is 1.36. The monoisotopic (exact) mass is 401 g/mol. The van der Waals surface area contributed by atoms with Gasteiger partial charge in [0.25, 0.3) is 0 Å². The summed E-state index contributed by atoms with van der Waals surface area (Å²) in [5.41, 5.74) is 0. The zero-order valence-electron chi connectivity index (χ0n) is 8.48. The molecule has 0 amide bonds. The molecule has 0 spiro atoms. The normalized spacial score (nSPS) is 10.7. The summed E-state index contributed by atoms with van der Waals surface area (Å²) >= 11 is 0. The van der Waals surface area contributed by atoms with Crippen LogP contribution in [0.1, 0.15) is 0 Å². The van der Waals surface area contributed by atoms with E-state index >= 15 is 0 Å². The van der Waals surface area contributed by atoms with E-state index in [1.807, 2.05) is 0 Å². The van der Waals surface area contributed by atoms with Crippen molar-refractivity contribution in [2.24, 2.45) is 0 Å². The number of rotatable bonds is 3. The molecule has 0 aromatic rings. The zero-order chi connectivity index (χ0) is 12.9. The average molecular weight is 401 g/mol. The molecule has 0 unspecified atom stereocenters. The second kappa shape index (κ2) is 12.5. The molecule has 0 heterocycles. The van der Waals surface area contributed by atoms with Gasteiger partial charge in [-0.3, -0.25) is 8.42 Å². The molecule has 0 rings (SSSR count). The second-order valence-corrected chi connectivity index (χ2v) is 4.08. The Morgan fingerprint density at radius 2 is 0.778 bits per heavy atom. The van der Waals surface area contributed by atoms with Gasteiger partial charge in [0.2, 0.25) is 20.8 Å². The molecule has 18 heavy (non-hydrogen) atoms. The molecule has 108 valence electrons. The van der Waals surface area contributed by atoms with Crippen LogP contribution in [-0.4, -0.2) is 43.5 Å². The van der Waals surface area contributed by atoms with Gasteiger partial charge in [0.05, 0.1) is 0 Å². The fraction of sp³-hybridized carbons (Fsp3) is 0. The van der Waals surface area contributed by atoms with Crippen molar-refractivity contribution in [2.45, 2.75) is 0 Å². The minimum absolute atomic E-state index is 0. The Kier molecular flexibility index (Phi) is 22.1. The van der Waals surface area contributed by atoms with Gasteiger partial charge in [0.15, 0.2) is 0 Å². The van der Waals surface area contributed by atoms with Gasteiger partial charge in [-0.15, -0.1) is 8.67 Å². The van der Waals surface area contributed by atoms with E-state index < -0.39 is 31.2 Å². The standard InChI is InChI=1S/Fe.K.H3N.H2O8S2.H2O4S/c;;;1-9(2,3)7-8-10(4,5)6;1-5(2,3)4/h;;1H3;(H,1,2,3)(H,4,5,6);(H2,1,2,3,4)/q+2;+1;;;/p-3. The summed E-state index contributed by atoms with van der Waals surface area (Å²) in [6.07, 6.45) is 0. The first kappa shape index (κ1) is 31.9. The third kappa shape index (κ3) is 65.1. The summed E-state index contributed by atoms with van der Waals surface area (Å²) in [7, 11) is -15.8. The first-order valence-electron chi connectivity index (χ1n) is 2.17. The van der Waals surface area contributed by atoms with Gasteiger partial charge in [-0.25, -0.2) is 16.8 Å². The number of hydrogen-bond donors (Lipinski definition) is 1. The molecule has 0 aromatic carbocycles. The maximum Gasteiger partial charge on any atom is 2.00 e. The molecule has 0 bridgehead atoms. The van der Waals surface area contributed by atoms with Crippen LogP contribution in [0, 0.1) is 0 Å². The van der Waals surface area contributed by atoms with Crippen LogP contribution in [-0.2, 0) is 56.9 Å². The molecule has 13 nitrogen and oxygen atoms in total. The molecule has 4 N–H and O–H groups in total. The van der Waals surface area contributed by atoms with Crippen molar-refractivity contribution in [1.82, 2.24) is 6.15 Å². The predicted octanol–water partition coefficient (Wildman–Crippen LogP) is -6.11. The van der Waals surface area contributed by atoms with Crippen molar-refractivity contribution in [3.05, 3.63) is 0 Å². The van der Waals surface area contributed by atoms with E-state index in [-0.39, 0.29) is 74.6 Å². The van der Waals surface area contributed by atoms with Crippen LogP contribution in [0.3, 0.4) is 0 Å². The Labute approximate surface area is 155 Å². The molecule has 0 saturated carbocycles. The molecule has 0 radical (unpaired) electrons. The van der Waals surface area contributed by atoms with Gasteiger partial charge in [0.1, 0.15) is 0 Å². The van der Waals surface area contributed by atoms with Gasteiger partial charge < -0.3 is 24.4 Å². The molecule has 0 aliphatic rings. The van der Waals surface area contributed by atoms with Crippen LogP contribution in [0.25, 0.3) is 0 Å². The van der Waals surface area contributed by atoms with Crippen LogP contribution in [0.4, 0.5) is 0 Å². The van der Waals surface area contributed by atoms with Crippen LogP contribution >= 0.6 is 0 Å². The largest absolute Gasteiger partial charge is 2.00 e. The van der Waals surface area contributed by atoms with Crippen molar-refractivity contribution in [2.75, 3.05) is 0 Å². The predicted molar refractivity (Wildman–Crippen MR) is 38.0 cm³/mol. The smallest absolute Gasteiger partial charge is 0.759 e. The Morgan fingerprint density at radius 1 is 0.667 bits per heavy atom. The van der Waals surface area contributed by atoms with Gasteiger partial charge in [-0.2, -0.15) is 0 Å². The molecule has 0 aromatic heterocycles. The van der Waals surface area contributed by atoms with Gasteiger partial charge in [0, 0.05) is 10.4 Å². The van der Waals surface area contributed by atoms with Gasteiger partial charge in [-0.1, -0.05) is 0 Å². The maximum atomic E-state index is 9.37. The third-order valence-corrected chi connectivity index (χ3v) is 0.750. The summed E-state index contributed by atoms with van der Waals surface area (Å²) in [5.74, 6) is 0. The SMILES string of the molecule is O=S(=O)([O-])OOS(=O)(=O)[O-].O=S(=O)([O-])[O-].[Fe+2].[K+].[NH4+]. The molecule has 0 fully saturated rings. The Hall–Kier alpha value is 1.73. The Balaban J connectivity index is -0.0000000621. The Bertz CT molecular complexity index is 431. The summed E-state index contributed by atoms with van der Waals surface area (Å²) < 4.78 is 95.5. The summed E-state index contributed by atoms with van der Waals surface area (Å²) in [6.45, 7) is 0. The molecule has 0 saturated heterocycles. The molecule has 18 heteroatoms. The first-order chi connectivity index (χ1) is 6.21. The zero-order valence-corrected chi connectivity index (χ0v) is 15.2. The van der Waals surface area contributed by atoms with E-state index in [0.717, 1.165) is 0 Å². The molecule has 0 atom stereocenters. The van der Waals surface area contributed by atoms with E-state index in [0.29, 0.717) is 0 Å². The van der Waals surface area contributed by atoms with Crippen LogP contribution in [0.15, 0.2) is 0 Å². The van der Waals surface area contributed by atoms with Gasteiger partial charge >= 0.3 is 68.5 Å². The van der Waals surface area contributed by atoms with Crippen molar-refractivity contribution >= 4 is 31.2 Å². The average Bonchev–Trinajstić information content (AvgIpc) is 1.76. The minimum atomic E-state index is -5.31. The van der Waals surface area contributed by atoms with E-state index in [1.54, 1.807) is 0 Å². The molecular weight excluding hydrogens is 397 g/mol. The summed E-state index contributed by atoms with van der Waals surface area (Å²) in [6, 6.07) is 0.